The second-order valence-electron chi connectivity index (χ2n) is 5.21. The molecule has 0 spiro atoms. The maximum absolute atomic E-state index is 12.8. The Bertz CT molecular complexity index is 953. The summed E-state index contributed by atoms with van der Waals surface area (Å²) in [6.45, 7) is 0. The molecule has 9 heteroatoms. The molecule has 3 aromatic rings. The fourth-order valence-corrected chi connectivity index (χ4v) is 2.21. The van der Waals surface area contributed by atoms with Crippen LogP contribution < -0.4 is 5.32 Å². The van der Waals surface area contributed by atoms with Gasteiger partial charge in [-0.1, -0.05) is 24.3 Å². The number of nitriles is 1. The highest BCUT2D eigenvalue weighted by molar-refractivity contribution is 5.74. The van der Waals surface area contributed by atoms with E-state index in [1.165, 1.54) is 12.3 Å². The Balaban J connectivity index is 1.78. The van der Waals surface area contributed by atoms with Crippen molar-refractivity contribution < 1.29 is 13.2 Å². The van der Waals surface area contributed by atoms with Gasteiger partial charge in [0.05, 0.1) is 5.56 Å². The van der Waals surface area contributed by atoms with E-state index in [4.69, 9.17) is 5.26 Å². The highest BCUT2D eigenvalue weighted by atomic mass is 19.4. The Morgan fingerprint density at radius 1 is 1.12 bits per heavy atom. The van der Waals surface area contributed by atoms with Crippen molar-refractivity contribution in [3.05, 3.63) is 66.1 Å². The number of benzene rings is 2. The largest absolute Gasteiger partial charge is 0.416 e. The van der Waals surface area contributed by atoms with E-state index >= 15 is 0 Å². The first-order chi connectivity index (χ1) is 12.5. The molecule has 0 radical (unpaired) electrons. The summed E-state index contributed by atoms with van der Waals surface area (Å²) in [5.41, 5.74) is 1.24. The van der Waals surface area contributed by atoms with E-state index in [1.54, 1.807) is 30.3 Å². The predicted molar refractivity (Wildman–Crippen MR) is 88.3 cm³/mol. The Morgan fingerprint density at radius 2 is 1.88 bits per heavy atom. The molecule has 2 N–H and O–H groups in total. The number of H-pyrrole nitrogens is 1. The van der Waals surface area contributed by atoms with Crippen LogP contribution in [0.2, 0.25) is 0 Å². The molecule has 130 valence electrons. The lowest BCUT2D eigenvalue weighted by molar-refractivity contribution is -0.137. The normalized spacial score (nSPS) is 11.8. The summed E-state index contributed by atoms with van der Waals surface area (Å²) in [7, 11) is 0. The van der Waals surface area contributed by atoms with E-state index < -0.39 is 11.7 Å². The van der Waals surface area contributed by atoms with Crippen LogP contribution in [0, 0.1) is 11.3 Å². The molecule has 1 heterocycles. The number of nitrogens with zero attached hydrogens (tertiary/aromatic N) is 4. The van der Waals surface area contributed by atoms with Crippen LogP contribution in [-0.2, 0) is 6.18 Å². The second-order valence-corrected chi connectivity index (χ2v) is 5.21. The summed E-state index contributed by atoms with van der Waals surface area (Å²) in [6, 6.07) is 13.8. The van der Waals surface area contributed by atoms with Crippen LogP contribution >= 0.6 is 0 Å². The zero-order valence-corrected chi connectivity index (χ0v) is 13.1. The number of hydrogen-bond donors (Lipinski definition) is 2. The zero-order valence-electron chi connectivity index (χ0n) is 13.1. The van der Waals surface area contributed by atoms with Crippen molar-refractivity contribution in [1.82, 2.24) is 20.6 Å². The number of hydrogen-bond acceptors (Lipinski definition) is 5. The summed E-state index contributed by atoms with van der Waals surface area (Å²) < 4.78 is 38.4. The lowest BCUT2D eigenvalue weighted by atomic mass is 10.0. The molecule has 0 fully saturated rings. The molecule has 0 aliphatic carbocycles. The summed E-state index contributed by atoms with van der Waals surface area (Å²) in [5, 5.41) is 25.1. The van der Waals surface area contributed by atoms with E-state index in [1.807, 2.05) is 6.07 Å². The van der Waals surface area contributed by atoms with Gasteiger partial charge in [-0.3, -0.25) is 0 Å². The van der Waals surface area contributed by atoms with E-state index in [-0.39, 0.29) is 11.4 Å². The molecule has 3 rings (SSSR count). The van der Waals surface area contributed by atoms with E-state index in [0.29, 0.717) is 16.8 Å². The number of alkyl halides is 3. The zero-order chi connectivity index (χ0) is 18.6. The van der Waals surface area contributed by atoms with Crippen molar-refractivity contribution in [2.45, 2.75) is 6.18 Å². The van der Waals surface area contributed by atoms with Crippen LogP contribution in [0.15, 0.2) is 54.7 Å². The molecule has 2 aromatic carbocycles. The van der Waals surface area contributed by atoms with Gasteiger partial charge in [-0.2, -0.15) is 23.6 Å². The number of aromatic nitrogens is 4. The molecule has 0 bridgehead atoms. The van der Waals surface area contributed by atoms with Crippen LogP contribution in [0.3, 0.4) is 0 Å². The molecule has 0 saturated heterocycles. The lowest BCUT2D eigenvalue weighted by Crippen LogP contribution is -2.04. The first-order valence-corrected chi connectivity index (χ1v) is 7.36. The van der Waals surface area contributed by atoms with Crippen molar-refractivity contribution in [2.75, 3.05) is 5.32 Å². The molecule has 0 atom stereocenters. The molecule has 0 amide bonds. The van der Waals surface area contributed by atoms with Crippen molar-refractivity contribution in [3.8, 4) is 17.2 Å². The highest BCUT2D eigenvalue weighted by Crippen LogP contribution is 2.32. The number of allylic oxidation sites excluding steroid dienone is 1. The Hall–Kier alpha value is -3.67. The fourth-order valence-electron chi connectivity index (χ4n) is 2.21. The maximum atomic E-state index is 12.8. The van der Waals surface area contributed by atoms with Crippen LogP contribution in [0.4, 0.5) is 18.9 Å². The first-order valence-electron chi connectivity index (χ1n) is 7.36. The number of anilines is 1. The number of aromatic amines is 1. The minimum Gasteiger partial charge on any atom is -0.360 e. The van der Waals surface area contributed by atoms with Gasteiger partial charge in [-0.05, 0) is 40.6 Å². The average Bonchev–Trinajstić information content (AvgIpc) is 3.17. The fraction of sp³-hybridized carbons (Fsp3) is 0.0588. The van der Waals surface area contributed by atoms with Gasteiger partial charge in [-0.25, -0.2) is 0 Å². The summed E-state index contributed by atoms with van der Waals surface area (Å²) in [5.74, 6) is 0.153. The lowest BCUT2D eigenvalue weighted by Gasteiger charge is -2.09. The highest BCUT2D eigenvalue weighted by Gasteiger charge is 2.30. The van der Waals surface area contributed by atoms with Crippen LogP contribution in [0.1, 0.15) is 11.4 Å². The van der Waals surface area contributed by atoms with Crippen molar-refractivity contribution in [1.29, 1.82) is 5.26 Å². The van der Waals surface area contributed by atoms with Gasteiger partial charge in [0.15, 0.2) is 0 Å². The van der Waals surface area contributed by atoms with Crippen molar-refractivity contribution in [2.24, 2.45) is 0 Å². The topological polar surface area (TPSA) is 90.3 Å². The summed E-state index contributed by atoms with van der Waals surface area (Å²) in [6.07, 6.45) is -2.96. The quantitative estimate of drug-likeness (QED) is 0.693. The minimum absolute atomic E-state index is 0.153. The van der Waals surface area contributed by atoms with Gasteiger partial charge >= 0.3 is 6.18 Å². The number of tetrazole rings is 1. The molecule has 6 nitrogen and oxygen atoms in total. The monoisotopic (exact) mass is 356 g/mol. The molecule has 1 aromatic heterocycles. The van der Waals surface area contributed by atoms with Crippen LogP contribution in [-0.4, -0.2) is 20.6 Å². The Labute approximate surface area is 146 Å². The van der Waals surface area contributed by atoms with Gasteiger partial charge in [0.1, 0.15) is 11.6 Å². The maximum Gasteiger partial charge on any atom is 0.416 e. The molecule has 26 heavy (non-hydrogen) atoms. The molecule has 0 unspecified atom stereocenters. The molecular formula is C17H11F3N6. The second kappa shape index (κ2) is 7.06. The summed E-state index contributed by atoms with van der Waals surface area (Å²) in [4.78, 5) is 0. The van der Waals surface area contributed by atoms with Gasteiger partial charge in [0.25, 0.3) is 0 Å². The van der Waals surface area contributed by atoms with E-state index in [2.05, 4.69) is 25.9 Å². The predicted octanol–water partition coefficient (Wildman–Crippen LogP) is 3.86. The van der Waals surface area contributed by atoms with Gasteiger partial charge in [-0.15, -0.1) is 10.2 Å². The third-order valence-electron chi connectivity index (χ3n) is 3.50. The van der Waals surface area contributed by atoms with E-state index in [0.717, 1.165) is 12.1 Å². The number of rotatable bonds is 4. The van der Waals surface area contributed by atoms with E-state index in [9.17, 15) is 13.2 Å². The number of halogens is 3. The van der Waals surface area contributed by atoms with Crippen molar-refractivity contribution in [3.63, 3.8) is 0 Å². The Morgan fingerprint density at radius 3 is 2.50 bits per heavy atom. The molecule has 0 aliphatic heterocycles. The molecule has 0 aliphatic rings. The third-order valence-corrected chi connectivity index (χ3v) is 3.50. The van der Waals surface area contributed by atoms with Gasteiger partial charge in [0.2, 0.25) is 5.82 Å². The Kier molecular flexibility index (Phi) is 4.66. The minimum atomic E-state index is -4.38. The smallest absolute Gasteiger partial charge is 0.360 e. The van der Waals surface area contributed by atoms with Gasteiger partial charge < -0.3 is 5.32 Å². The van der Waals surface area contributed by atoms with Crippen LogP contribution in [0.25, 0.3) is 16.7 Å². The third kappa shape index (κ3) is 3.87. The summed E-state index contributed by atoms with van der Waals surface area (Å²) >= 11 is 0. The molecule has 0 saturated carbocycles. The standard InChI is InChI=1S/C17H11F3N6/c18-17(19,20)14-3-1-2-12(8-14)11-4-6-15(7-5-11)22-10-13(9-21)16-23-25-26-24-16/h1-8,10,22H,(H,23,24,25,26). The van der Waals surface area contributed by atoms with Crippen LogP contribution in [0.5, 0.6) is 0 Å². The average molecular weight is 356 g/mol. The SMILES string of the molecule is N#CC(=CNc1ccc(-c2cccc(C(F)(F)F)c2)cc1)c1nn[nH]n1. The molecular weight excluding hydrogens is 345 g/mol. The van der Waals surface area contributed by atoms with Crippen molar-refractivity contribution >= 4 is 11.3 Å². The van der Waals surface area contributed by atoms with Gasteiger partial charge in [0, 0.05) is 11.9 Å². The number of nitrogens with one attached hydrogen (secondary N) is 2. The first kappa shape index (κ1) is 17.2.